The third kappa shape index (κ3) is 4.30. The summed E-state index contributed by atoms with van der Waals surface area (Å²) in [6.07, 6.45) is 12.6. The number of hydrogen-bond donors (Lipinski definition) is 1. The average Bonchev–Trinajstić information content (AvgIpc) is 3.07. The van der Waals surface area contributed by atoms with E-state index in [9.17, 15) is 5.11 Å². The van der Waals surface area contributed by atoms with Gasteiger partial charge < -0.3 is 5.11 Å². The smallest absolute Gasteiger partial charge is 0.115 e. The van der Waals surface area contributed by atoms with E-state index in [-0.39, 0.29) is 0 Å². The fourth-order valence-corrected chi connectivity index (χ4v) is 4.29. The van der Waals surface area contributed by atoms with E-state index < -0.39 is 0 Å². The summed E-state index contributed by atoms with van der Waals surface area (Å²) in [5.41, 5.74) is 6.07. The van der Waals surface area contributed by atoms with E-state index in [1.807, 2.05) is 18.2 Å². The molecule has 4 rings (SSSR count). The second kappa shape index (κ2) is 9.09. The van der Waals surface area contributed by atoms with Gasteiger partial charge in [0.05, 0.1) is 17.1 Å². The second-order valence-corrected chi connectivity index (χ2v) is 7.90. The molecule has 2 aromatic carbocycles. The van der Waals surface area contributed by atoms with Gasteiger partial charge in [-0.3, -0.25) is 0 Å². The van der Waals surface area contributed by atoms with Crippen LogP contribution in [0.2, 0.25) is 0 Å². The van der Waals surface area contributed by atoms with Gasteiger partial charge in [-0.1, -0.05) is 56.7 Å². The summed E-state index contributed by atoms with van der Waals surface area (Å²) in [4.78, 5) is 0. The lowest BCUT2D eigenvalue weighted by atomic mass is 9.96. The number of phenolic OH excluding ortho intramolecular Hbond substituents is 1. The Labute approximate surface area is 168 Å². The molecule has 0 aliphatic heterocycles. The predicted octanol–water partition coefficient (Wildman–Crippen LogP) is 6.46. The Bertz CT molecular complexity index is 881. The van der Waals surface area contributed by atoms with Crippen molar-refractivity contribution in [3.8, 4) is 22.7 Å². The summed E-state index contributed by atoms with van der Waals surface area (Å²) in [7, 11) is 0. The van der Waals surface area contributed by atoms with Crippen molar-refractivity contribution in [1.29, 1.82) is 0 Å². The van der Waals surface area contributed by atoms with Gasteiger partial charge in [-0.2, -0.15) is 5.10 Å². The van der Waals surface area contributed by atoms with Crippen molar-refractivity contribution in [2.45, 2.75) is 64.2 Å². The number of hydrogen-bond acceptors (Lipinski definition) is 2. The van der Waals surface area contributed by atoms with Gasteiger partial charge in [0.2, 0.25) is 0 Å². The molecule has 0 saturated heterocycles. The lowest BCUT2D eigenvalue weighted by Crippen LogP contribution is -2.00. The van der Waals surface area contributed by atoms with E-state index in [0.29, 0.717) is 5.75 Å². The van der Waals surface area contributed by atoms with Crippen LogP contribution < -0.4 is 0 Å². The maximum Gasteiger partial charge on any atom is 0.115 e. The summed E-state index contributed by atoms with van der Waals surface area (Å²) in [5, 5.41) is 14.9. The van der Waals surface area contributed by atoms with Crippen molar-refractivity contribution in [2.75, 3.05) is 0 Å². The van der Waals surface area contributed by atoms with Gasteiger partial charge in [0, 0.05) is 11.1 Å². The van der Waals surface area contributed by atoms with Crippen LogP contribution in [0.15, 0.2) is 54.6 Å². The number of nitrogens with zero attached hydrogens (tertiary/aromatic N) is 2. The highest BCUT2D eigenvalue weighted by Gasteiger charge is 2.20. The normalized spacial score (nSPS) is 16.0. The molecule has 1 aromatic heterocycles. The molecule has 0 spiro atoms. The van der Waals surface area contributed by atoms with Crippen LogP contribution in [0.3, 0.4) is 0 Å². The number of fused-ring (bicyclic) bond motifs is 1. The molecule has 0 unspecified atom stereocenters. The van der Waals surface area contributed by atoms with E-state index in [2.05, 4.69) is 28.9 Å². The quantitative estimate of drug-likeness (QED) is 0.558. The lowest BCUT2D eigenvalue weighted by Gasteiger charge is -2.11. The Hall–Kier alpha value is -2.55. The van der Waals surface area contributed by atoms with Crippen LogP contribution in [-0.2, 0) is 12.8 Å². The molecule has 0 atom stereocenters. The molecule has 1 aliphatic carbocycles. The van der Waals surface area contributed by atoms with Crippen molar-refractivity contribution < 1.29 is 5.11 Å². The van der Waals surface area contributed by atoms with Crippen LogP contribution in [0.5, 0.6) is 5.75 Å². The van der Waals surface area contributed by atoms with Gasteiger partial charge >= 0.3 is 0 Å². The minimum Gasteiger partial charge on any atom is -0.508 e. The number of rotatable bonds is 2. The Morgan fingerprint density at radius 1 is 0.679 bits per heavy atom. The monoisotopic (exact) mass is 374 g/mol. The molecule has 0 amide bonds. The SMILES string of the molecule is Oc1ccc(-c2c3c(nn2-c2ccccc2)CCCCCCCCCC3)cc1. The Kier molecular flexibility index (Phi) is 6.11. The van der Waals surface area contributed by atoms with E-state index in [0.717, 1.165) is 24.1 Å². The summed E-state index contributed by atoms with van der Waals surface area (Å²) < 4.78 is 2.12. The molecular formula is C25H30N2O. The largest absolute Gasteiger partial charge is 0.508 e. The molecular weight excluding hydrogens is 344 g/mol. The van der Waals surface area contributed by atoms with E-state index in [4.69, 9.17) is 5.10 Å². The molecule has 146 valence electrons. The van der Waals surface area contributed by atoms with Gasteiger partial charge in [-0.25, -0.2) is 4.68 Å². The summed E-state index contributed by atoms with van der Waals surface area (Å²) in [6, 6.07) is 18.0. The van der Waals surface area contributed by atoms with Gasteiger partial charge in [0.25, 0.3) is 0 Å². The van der Waals surface area contributed by atoms with E-state index in [1.165, 1.54) is 68.3 Å². The molecule has 3 nitrogen and oxygen atoms in total. The summed E-state index contributed by atoms with van der Waals surface area (Å²) >= 11 is 0. The van der Waals surface area contributed by atoms with Crippen LogP contribution >= 0.6 is 0 Å². The molecule has 0 bridgehead atoms. The van der Waals surface area contributed by atoms with Crippen LogP contribution in [0, 0.1) is 0 Å². The van der Waals surface area contributed by atoms with Crippen molar-refractivity contribution in [2.24, 2.45) is 0 Å². The summed E-state index contributed by atoms with van der Waals surface area (Å²) in [6.45, 7) is 0. The first-order valence-corrected chi connectivity index (χ1v) is 10.8. The lowest BCUT2D eigenvalue weighted by molar-refractivity contribution is 0.475. The maximum absolute atomic E-state index is 9.77. The molecule has 1 N–H and O–H groups in total. The van der Waals surface area contributed by atoms with Gasteiger partial charge in [-0.05, 0) is 62.1 Å². The standard InChI is InChI=1S/C25H30N2O/c28-22-18-16-20(17-19-22)25-23-14-10-5-3-1-2-4-6-11-15-24(23)26-27(25)21-12-8-7-9-13-21/h7-9,12-13,16-19,28H,1-6,10-11,14-15H2. The third-order valence-corrected chi connectivity index (χ3v) is 5.80. The zero-order valence-corrected chi connectivity index (χ0v) is 16.6. The molecule has 3 heteroatoms. The zero-order valence-electron chi connectivity index (χ0n) is 16.6. The van der Waals surface area contributed by atoms with Crippen LogP contribution in [0.4, 0.5) is 0 Å². The Morgan fingerprint density at radius 2 is 1.29 bits per heavy atom. The molecule has 3 aromatic rings. The first-order chi connectivity index (χ1) is 13.8. The van der Waals surface area contributed by atoms with Gasteiger partial charge in [0.1, 0.15) is 5.75 Å². The Morgan fingerprint density at radius 3 is 1.96 bits per heavy atom. The van der Waals surface area contributed by atoms with Crippen LogP contribution in [0.1, 0.15) is 62.6 Å². The second-order valence-electron chi connectivity index (χ2n) is 7.90. The average molecular weight is 375 g/mol. The maximum atomic E-state index is 9.77. The fraction of sp³-hybridized carbons (Fsp3) is 0.400. The summed E-state index contributed by atoms with van der Waals surface area (Å²) in [5.74, 6) is 0.304. The van der Waals surface area contributed by atoms with E-state index in [1.54, 1.807) is 12.1 Å². The molecule has 0 radical (unpaired) electrons. The number of para-hydroxylation sites is 1. The minimum atomic E-state index is 0.304. The molecule has 0 saturated carbocycles. The zero-order chi connectivity index (χ0) is 19.2. The van der Waals surface area contributed by atoms with Crippen molar-refractivity contribution >= 4 is 0 Å². The molecule has 1 heterocycles. The topological polar surface area (TPSA) is 38.1 Å². The Balaban J connectivity index is 1.81. The van der Waals surface area contributed by atoms with Crippen LogP contribution in [-0.4, -0.2) is 14.9 Å². The highest BCUT2D eigenvalue weighted by molar-refractivity contribution is 5.68. The van der Waals surface area contributed by atoms with Crippen LogP contribution in [0.25, 0.3) is 16.9 Å². The number of aromatic hydroxyl groups is 1. The number of aryl methyl sites for hydroxylation is 1. The number of aromatic nitrogens is 2. The van der Waals surface area contributed by atoms with E-state index >= 15 is 0 Å². The molecule has 0 fully saturated rings. The minimum absolute atomic E-state index is 0.304. The molecule has 1 aliphatic rings. The van der Waals surface area contributed by atoms with Gasteiger partial charge in [0.15, 0.2) is 0 Å². The van der Waals surface area contributed by atoms with Crippen molar-refractivity contribution in [3.05, 3.63) is 65.9 Å². The number of benzene rings is 2. The van der Waals surface area contributed by atoms with Gasteiger partial charge in [-0.15, -0.1) is 0 Å². The number of phenols is 1. The molecule has 28 heavy (non-hydrogen) atoms. The fourth-order valence-electron chi connectivity index (χ4n) is 4.29. The third-order valence-electron chi connectivity index (χ3n) is 5.80. The highest BCUT2D eigenvalue weighted by Crippen LogP contribution is 2.33. The van der Waals surface area contributed by atoms with Crippen molar-refractivity contribution in [3.63, 3.8) is 0 Å². The first-order valence-electron chi connectivity index (χ1n) is 10.8. The van der Waals surface area contributed by atoms with Crippen molar-refractivity contribution in [1.82, 2.24) is 9.78 Å². The predicted molar refractivity (Wildman–Crippen MR) is 115 cm³/mol. The highest BCUT2D eigenvalue weighted by atomic mass is 16.3. The first kappa shape index (κ1) is 18.8.